The first-order valence-electron chi connectivity index (χ1n) is 2.77. The van der Waals surface area contributed by atoms with Crippen LogP contribution in [0.25, 0.3) is 0 Å². The normalized spacial score (nSPS) is 7.67. The summed E-state index contributed by atoms with van der Waals surface area (Å²) in [4.78, 5) is 0. The predicted octanol–water partition coefficient (Wildman–Crippen LogP) is 4.08. The fraction of sp³-hybridized carbons (Fsp3) is 0.800. The molecular weight excluding hydrogens is 258 g/mol. The Morgan fingerprint density at radius 2 is 1.67 bits per heavy atom. The van der Waals surface area contributed by atoms with Gasteiger partial charge >= 0.3 is 43.7 Å². The zero-order valence-corrected chi connectivity index (χ0v) is 10.2. The first-order valence-corrected chi connectivity index (χ1v) is 12.3. The van der Waals surface area contributed by atoms with E-state index in [-0.39, 0.29) is 0 Å². The first kappa shape index (κ1) is 13.4. The first-order chi connectivity index (χ1) is 4.15. The van der Waals surface area contributed by atoms with Gasteiger partial charge in [-0.1, -0.05) is 19.8 Å². The Kier molecular flexibility index (Phi) is 18.4. The maximum atomic E-state index is 5.00. The third kappa shape index (κ3) is 41.6. The van der Waals surface area contributed by atoms with Crippen molar-refractivity contribution in [3.63, 3.8) is 0 Å². The second kappa shape index (κ2) is 12.4. The number of rotatable bonds is 2. The molecule has 57 valence electrons. The quantitative estimate of drug-likeness (QED) is 0.662. The van der Waals surface area contributed by atoms with Crippen molar-refractivity contribution in [1.29, 1.82) is 0 Å². The molecule has 0 aliphatic rings. The van der Waals surface area contributed by atoms with Gasteiger partial charge in [0.25, 0.3) is 0 Å². The van der Waals surface area contributed by atoms with E-state index in [4.69, 9.17) is 25.5 Å². The zero-order valence-electron chi connectivity index (χ0n) is 5.46. The molecule has 0 bridgehead atoms. The van der Waals surface area contributed by atoms with Crippen LogP contribution in [0.5, 0.6) is 0 Å². The van der Waals surface area contributed by atoms with E-state index in [1.807, 2.05) is 0 Å². The third-order valence-corrected chi connectivity index (χ3v) is 0.604. The Morgan fingerprint density at radius 3 is 1.67 bits per heavy atom. The summed E-state index contributed by atoms with van der Waals surface area (Å²) in [6, 6.07) is 0. The van der Waals surface area contributed by atoms with Gasteiger partial charge in [-0.2, -0.15) is 6.42 Å². The molecular formula is C5H11Cl3Zr-. The fourth-order valence-electron chi connectivity index (χ4n) is 0.250. The average Bonchev–Trinajstić information content (AvgIpc) is 1.66. The summed E-state index contributed by atoms with van der Waals surface area (Å²) in [6.07, 6.45) is 3.65. The summed E-state index contributed by atoms with van der Waals surface area (Å²) in [7, 11) is 15.0. The van der Waals surface area contributed by atoms with Crippen molar-refractivity contribution >= 4 is 25.5 Å². The molecule has 0 aromatic heterocycles. The van der Waals surface area contributed by atoms with Crippen molar-refractivity contribution in [2.45, 2.75) is 26.2 Å². The second-order valence-corrected chi connectivity index (χ2v) is 12.6. The Balaban J connectivity index is 0. The van der Waals surface area contributed by atoms with Crippen molar-refractivity contribution in [2.75, 3.05) is 0 Å². The molecule has 0 heterocycles. The molecule has 0 fully saturated rings. The van der Waals surface area contributed by atoms with Crippen LogP contribution in [0.1, 0.15) is 26.2 Å². The molecule has 0 amide bonds. The van der Waals surface area contributed by atoms with Crippen LogP contribution in [0.3, 0.4) is 0 Å². The molecule has 0 atom stereocenters. The van der Waals surface area contributed by atoms with Gasteiger partial charge in [0, 0.05) is 0 Å². The van der Waals surface area contributed by atoms with Crippen LogP contribution in [0.2, 0.25) is 0 Å². The Labute approximate surface area is 76.2 Å². The summed E-state index contributed by atoms with van der Waals surface area (Å²) in [5.41, 5.74) is 0. The van der Waals surface area contributed by atoms with Crippen LogP contribution >= 0.6 is 25.5 Å². The minimum absolute atomic E-state index is 1.09. The van der Waals surface area contributed by atoms with E-state index < -0.39 is 18.2 Å². The van der Waals surface area contributed by atoms with E-state index in [0.29, 0.717) is 0 Å². The van der Waals surface area contributed by atoms with Crippen molar-refractivity contribution in [3.8, 4) is 0 Å². The van der Waals surface area contributed by atoms with Gasteiger partial charge in [-0.05, 0) is 0 Å². The van der Waals surface area contributed by atoms with E-state index in [0.717, 1.165) is 6.42 Å². The number of hydrogen-bond donors (Lipinski definition) is 0. The standard InChI is InChI=1S/C5H11.3ClH.Zr/c1-3-5-4-2;;;;/h1,3-5H2,2H3;3*1H;/q-1;;;;+3/p-3. The molecule has 0 unspecified atom stereocenters. The van der Waals surface area contributed by atoms with Gasteiger partial charge in [0.2, 0.25) is 0 Å². The zero-order chi connectivity index (χ0) is 7.70. The van der Waals surface area contributed by atoms with Gasteiger partial charge in [0.15, 0.2) is 0 Å². The van der Waals surface area contributed by atoms with Gasteiger partial charge in [0.1, 0.15) is 0 Å². The SMILES string of the molecule is [CH2-]CCCC.[Cl][Zr]([Cl])[Cl]. The minimum atomic E-state index is -2.13. The van der Waals surface area contributed by atoms with Gasteiger partial charge in [-0.3, -0.25) is 0 Å². The molecule has 0 nitrogen and oxygen atoms in total. The van der Waals surface area contributed by atoms with Crippen molar-refractivity contribution in [3.05, 3.63) is 6.92 Å². The maximum absolute atomic E-state index is 5.00. The number of hydrogen-bond acceptors (Lipinski definition) is 0. The van der Waals surface area contributed by atoms with E-state index in [1.165, 1.54) is 12.8 Å². The molecule has 0 saturated heterocycles. The molecule has 0 aliphatic carbocycles. The molecule has 0 saturated carbocycles. The van der Waals surface area contributed by atoms with E-state index in [2.05, 4.69) is 13.8 Å². The molecule has 0 rings (SSSR count). The van der Waals surface area contributed by atoms with Crippen LogP contribution in [0, 0.1) is 6.92 Å². The third-order valence-electron chi connectivity index (χ3n) is 0.604. The molecule has 0 spiro atoms. The van der Waals surface area contributed by atoms with Gasteiger partial charge in [0.05, 0.1) is 0 Å². The molecule has 0 aromatic rings. The van der Waals surface area contributed by atoms with Crippen molar-refractivity contribution < 1.29 is 18.2 Å². The van der Waals surface area contributed by atoms with Gasteiger partial charge in [-0.15, -0.1) is 0 Å². The topological polar surface area (TPSA) is 0 Å². The number of unbranched alkanes of at least 4 members (excludes halogenated alkanes) is 2. The fourth-order valence-corrected chi connectivity index (χ4v) is 0.250. The summed E-state index contributed by atoms with van der Waals surface area (Å²) in [5.74, 6) is 0. The Morgan fingerprint density at radius 1 is 1.33 bits per heavy atom. The summed E-state index contributed by atoms with van der Waals surface area (Å²) in [5, 5.41) is 0. The van der Waals surface area contributed by atoms with Crippen LogP contribution < -0.4 is 0 Å². The average molecular weight is 269 g/mol. The van der Waals surface area contributed by atoms with Crippen LogP contribution in [0.4, 0.5) is 0 Å². The predicted molar refractivity (Wildman–Crippen MR) is 42.4 cm³/mol. The van der Waals surface area contributed by atoms with E-state index in [9.17, 15) is 0 Å². The Bertz CT molecular complexity index is 36.4. The van der Waals surface area contributed by atoms with E-state index >= 15 is 0 Å². The molecule has 0 aliphatic heterocycles. The van der Waals surface area contributed by atoms with Gasteiger partial charge in [-0.25, -0.2) is 0 Å². The summed E-state index contributed by atoms with van der Waals surface area (Å²) < 4.78 is 0. The van der Waals surface area contributed by atoms with Crippen LogP contribution in [-0.2, 0) is 18.2 Å². The molecule has 9 heavy (non-hydrogen) atoms. The summed E-state index contributed by atoms with van der Waals surface area (Å²) >= 11 is -2.13. The van der Waals surface area contributed by atoms with Gasteiger partial charge < -0.3 is 6.92 Å². The molecule has 0 radical (unpaired) electrons. The van der Waals surface area contributed by atoms with E-state index in [1.54, 1.807) is 0 Å². The van der Waals surface area contributed by atoms with Crippen LogP contribution in [-0.4, -0.2) is 0 Å². The number of halogens is 3. The second-order valence-electron chi connectivity index (χ2n) is 1.42. The molecule has 0 N–H and O–H groups in total. The monoisotopic (exact) mass is 266 g/mol. The molecule has 0 aromatic carbocycles. The van der Waals surface area contributed by atoms with Crippen molar-refractivity contribution in [1.82, 2.24) is 0 Å². The van der Waals surface area contributed by atoms with Crippen molar-refractivity contribution in [2.24, 2.45) is 0 Å². The Hall–Kier alpha value is 1.75. The molecule has 4 heteroatoms. The summed E-state index contributed by atoms with van der Waals surface area (Å²) in [6.45, 7) is 5.85. The van der Waals surface area contributed by atoms with Crippen LogP contribution in [0.15, 0.2) is 0 Å².